The third-order valence-corrected chi connectivity index (χ3v) is 5.47. The van der Waals surface area contributed by atoms with Gasteiger partial charge in [0.1, 0.15) is 5.82 Å². The maximum atomic E-state index is 12.4. The quantitative estimate of drug-likeness (QED) is 0.889. The van der Waals surface area contributed by atoms with E-state index in [0.717, 1.165) is 29.6 Å². The zero-order valence-corrected chi connectivity index (χ0v) is 12.9. The first kappa shape index (κ1) is 14.3. The molecule has 0 spiro atoms. The van der Waals surface area contributed by atoms with Gasteiger partial charge in [-0.25, -0.2) is 18.1 Å². The van der Waals surface area contributed by atoms with Gasteiger partial charge in [0.25, 0.3) is 0 Å². The topological polar surface area (TPSA) is 71.1 Å². The number of aromatic nitrogens is 1. The highest BCUT2D eigenvalue weighted by Gasteiger charge is 2.38. The number of fused-ring (bicyclic) bond motifs is 1. The van der Waals surface area contributed by atoms with E-state index >= 15 is 0 Å². The van der Waals surface area contributed by atoms with Gasteiger partial charge >= 0.3 is 0 Å². The standard InChI is InChI=1S/C15H19N3O2S/c1-3-10-9-14(10)18-21(19,20)12-5-6-13-11(8-12)4-7-15(16-2)17-13/h4-8,10,14,18H,3,9H2,1-2H3,(H,16,17). The van der Waals surface area contributed by atoms with Gasteiger partial charge in [-0.05, 0) is 42.7 Å². The Hall–Kier alpha value is -1.66. The van der Waals surface area contributed by atoms with Crippen LogP contribution < -0.4 is 10.0 Å². The van der Waals surface area contributed by atoms with Crippen LogP contribution in [0.25, 0.3) is 10.9 Å². The molecule has 1 saturated carbocycles. The number of anilines is 1. The van der Waals surface area contributed by atoms with Crippen molar-refractivity contribution in [3.8, 4) is 0 Å². The van der Waals surface area contributed by atoms with Gasteiger partial charge in [0.05, 0.1) is 10.4 Å². The highest BCUT2D eigenvalue weighted by molar-refractivity contribution is 7.89. The fraction of sp³-hybridized carbons (Fsp3) is 0.400. The number of hydrogen-bond acceptors (Lipinski definition) is 4. The average molecular weight is 305 g/mol. The van der Waals surface area contributed by atoms with Crippen LogP contribution in [0.15, 0.2) is 35.2 Å². The summed E-state index contributed by atoms with van der Waals surface area (Å²) in [6.07, 6.45) is 1.96. The van der Waals surface area contributed by atoms with Crippen molar-refractivity contribution in [3.05, 3.63) is 30.3 Å². The molecule has 0 amide bonds. The van der Waals surface area contributed by atoms with Crippen molar-refractivity contribution in [2.45, 2.75) is 30.7 Å². The van der Waals surface area contributed by atoms with E-state index < -0.39 is 10.0 Å². The van der Waals surface area contributed by atoms with Crippen molar-refractivity contribution in [1.29, 1.82) is 0 Å². The lowest BCUT2D eigenvalue weighted by atomic mass is 10.2. The number of nitrogens with one attached hydrogen (secondary N) is 2. The number of hydrogen-bond donors (Lipinski definition) is 2. The molecule has 5 nitrogen and oxygen atoms in total. The second-order valence-corrected chi connectivity index (χ2v) is 7.15. The van der Waals surface area contributed by atoms with Gasteiger partial charge in [-0.1, -0.05) is 13.3 Å². The molecule has 1 heterocycles. The third kappa shape index (κ3) is 2.87. The Bertz CT molecular complexity index is 774. The molecule has 1 aromatic heterocycles. The normalized spacial score (nSPS) is 21.4. The van der Waals surface area contributed by atoms with Crippen LogP contribution >= 0.6 is 0 Å². The second kappa shape index (κ2) is 5.27. The predicted molar refractivity (Wildman–Crippen MR) is 83.8 cm³/mol. The summed E-state index contributed by atoms with van der Waals surface area (Å²) in [5, 5.41) is 3.79. The predicted octanol–water partition coefficient (Wildman–Crippen LogP) is 2.35. The van der Waals surface area contributed by atoms with Crippen LogP contribution in [0.4, 0.5) is 5.82 Å². The maximum absolute atomic E-state index is 12.4. The summed E-state index contributed by atoms with van der Waals surface area (Å²) in [6, 6.07) is 8.84. The summed E-state index contributed by atoms with van der Waals surface area (Å²) < 4.78 is 27.5. The van der Waals surface area contributed by atoms with Crippen LogP contribution in [0.5, 0.6) is 0 Å². The molecule has 1 aliphatic rings. The molecule has 0 aliphatic heterocycles. The highest BCUT2D eigenvalue weighted by Crippen LogP contribution is 2.34. The molecule has 2 aromatic rings. The van der Waals surface area contributed by atoms with Gasteiger partial charge in [0.15, 0.2) is 0 Å². The monoisotopic (exact) mass is 305 g/mol. The first-order chi connectivity index (χ1) is 10.0. The first-order valence-corrected chi connectivity index (χ1v) is 8.62. The molecule has 6 heteroatoms. The minimum Gasteiger partial charge on any atom is -0.373 e. The lowest BCUT2D eigenvalue weighted by molar-refractivity contribution is 0.576. The largest absolute Gasteiger partial charge is 0.373 e. The summed E-state index contributed by atoms with van der Waals surface area (Å²) in [5.41, 5.74) is 0.777. The van der Waals surface area contributed by atoms with Crippen molar-refractivity contribution in [2.24, 2.45) is 5.92 Å². The van der Waals surface area contributed by atoms with E-state index in [1.807, 2.05) is 12.1 Å². The molecular weight excluding hydrogens is 286 g/mol. The minimum absolute atomic E-state index is 0.0977. The lowest BCUT2D eigenvalue weighted by Crippen LogP contribution is -2.27. The van der Waals surface area contributed by atoms with E-state index in [2.05, 4.69) is 21.9 Å². The molecular formula is C15H19N3O2S. The lowest BCUT2D eigenvalue weighted by Gasteiger charge is -2.08. The molecule has 1 fully saturated rings. The van der Waals surface area contributed by atoms with Gasteiger partial charge in [0.2, 0.25) is 10.0 Å². The number of nitrogens with zero attached hydrogens (tertiary/aromatic N) is 1. The van der Waals surface area contributed by atoms with Crippen LogP contribution in [-0.2, 0) is 10.0 Å². The molecule has 21 heavy (non-hydrogen) atoms. The van der Waals surface area contributed by atoms with E-state index in [9.17, 15) is 8.42 Å². The number of benzene rings is 1. The minimum atomic E-state index is -3.44. The Morgan fingerprint density at radius 3 is 2.76 bits per heavy atom. The molecule has 0 radical (unpaired) electrons. The number of rotatable bonds is 5. The Kier molecular flexibility index (Phi) is 3.59. The molecule has 0 saturated heterocycles. The number of pyridine rings is 1. The Morgan fingerprint density at radius 1 is 1.29 bits per heavy atom. The molecule has 2 atom stereocenters. The van der Waals surface area contributed by atoms with E-state index in [1.165, 1.54) is 0 Å². The van der Waals surface area contributed by atoms with Crippen molar-refractivity contribution in [2.75, 3.05) is 12.4 Å². The molecule has 1 aromatic carbocycles. The van der Waals surface area contributed by atoms with Crippen molar-refractivity contribution in [1.82, 2.24) is 9.71 Å². The average Bonchev–Trinajstić information content (AvgIpc) is 3.23. The van der Waals surface area contributed by atoms with Gasteiger partial charge in [-0.3, -0.25) is 0 Å². The summed E-state index contributed by atoms with van der Waals surface area (Å²) in [4.78, 5) is 4.69. The molecule has 2 N–H and O–H groups in total. The van der Waals surface area contributed by atoms with Crippen LogP contribution in [-0.4, -0.2) is 26.5 Å². The van der Waals surface area contributed by atoms with Gasteiger partial charge in [0, 0.05) is 18.5 Å². The second-order valence-electron chi connectivity index (χ2n) is 5.43. The molecule has 0 bridgehead atoms. The van der Waals surface area contributed by atoms with Crippen molar-refractivity contribution >= 4 is 26.7 Å². The van der Waals surface area contributed by atoms with Crippen molar-refractivity contribution < 1.29 is 8.42 Å². The van der Waals surface area contributed by atoms with E-state index in [0.29, 0.717) is 10.8 Å². The molecule has 112 valence electrons. The van der Waals surface area contributed by atoms with Crippen LogP contribution in [0.2, 0.25) is 0 Å². The first-order valence-electron chi connectivity index (χ1n) is 7.14. The SMILES string of the molecule is CCC1CC1NS(=O)(=O)c1ccc2nc(NC)ccc2c1. The van der Waals surface area contributed by atoms with Crippen LogP contribution in [0.3, 0.4) is 0 Å². The van der Waals surface area contributed by atoms with Gasteiger partial charge < -0.3 is 5.32 Å². The fourth-order valence-corrected chi connectivity index (χ4v) is 3.87. The molecule has 2 unspecified atom stereocenters. The Labute approximate surface area is 124 Å². The highest BCUT2D eigenvalue weighted by atomic mass is 32.2. The van der Waals surface area contributed by atoms with Crippen LogP contribution in [0, 0.1) is 5.92 Å². The molecule has 1 aliphatic carbocycles. The number of sulfonamides is 1. The zero-order chi connectivity index (χ0) is 15.0. The Morgan fingerprint density at radius 2 is 2.10 bits per heavy atom. The summed E-state index contributed by atoms with van der Waals surface area (Å²) >= 11 is 0. The third-order valence-electron chi connectivity index (χ3n) is 3.98. The van der Waals surface area contributed by atoms with E-state index in [1.54, 1.807) is 25.2 Å². The van der Waals surface area contributed by atoms with Gasteiger partial charge in [-0.2, -0.15) is 0 Å². The smallest absolute Gasteiger partial charge is 0.240 e. The molecule has 3 rings (SSSR count). The van der Waals surface area contributed by atoms with E-state index in [4.69, 9.17) is 0 Å². The summed E-state index contributed by atoms with van der Waals surface area (Å²) in [6.45, 7) is 2.08. The fourth-order valence-electron chi connectivity index (χ4n) is 2.52. The summed E-state index contributed by atoms with van der Waals surface area (Å²) in [5.74, 6) is 1.25. The Balaban J connectivity index is 1.90. The maximum Gasteiger partial charge on any atom is 0.240 e. The van der Waals surface area contributed by atoms with E-state index in [-0.39, 0.29) is 6.04 Å². The van der Waals surface area contributed by atoms with Crippen molar-refractivity contribution in [3.63, 3.8) is 0 Å². The summed E-state index contributed by atoms with van der Waals surface area (Å²) in [7, 11) is -1.64. The van der Waals surface area contributed by atoms with Gasteiger partial charge in [-0.15, -0.1) is 0 Å². The van der Waals surface area contributed by atoms with Crippen LogP contribution in [0.1, 0.15) is 19.8 Å². The zero-order valence-electron chi connectivity index (χ0n) is 12.1.